The first-order valence-electron chi connectivity index (χ1n) is 4.32. The molecule has 1 heterocycles. The summed E-state index contributed by atoms with van der Waals surface area (Å²) in [7, 11) is 0. The van der Waals surface area contributed by atoms with Gasteiger partial charge in [0.05, 0.1) is 24.3 Å². The van der Waals surface area contributed by atoms with Gasteiger partial charge in [-0.15, -0.1) is 0 Å². The third-order valence-corrected chi connectivity index (χ3v) is 1.62. The van der Waals surface area contributed by atoms with E-state index in [4.69, 9.17) is 9.68 Å². The van der Waals surface area contributed by atoms with Crippen LogP contribution in [0.15, 0.2) is 23.0 Å². The van der Waals surface area contributed by atoms with Gasteiger partial charge in [-0.2, -0.15) is 5.26 Å². The van der Waals surface area contributed by atoms with Crippen LogP contribution in [0.5, 0.6) is 0 Å². The molecule has 0 radical (unpaired) electrons. The number of ether oxygens (including phenoxy) is 1. The molecule has 0 bridgehead atoms. The molecule has 5 nitrogen and oxygen atoms in total. The predicted molar refractivity (Wildman–Crippen MR) is 48.8 cm³/mol. The predicted octanol–water partition coefficient (Wildman–Crippen LogP) is 1.31. The number of carbonyl (C=O) groups is 2. The minimum absolute atomic E-state index is 0.0218. The molecule has 0 unspecified atom stereocenters. The molecule has 1 rings (SSSR count). The molecule has 0 N–H and O–H groups in total. The summed E-state index contributed by atoms with van der Waals surface area (Å²) in [6.45, 7) is 0.0218. The summed E-state index contributed by atoms with van der Waals surface area (Å²) >= 11 is 0. The quantitative estimate of drug-likeness (QED) is 0.314. The van der Waals surface area contributed by atoms with Crippen LogP contribution >= 0.6 is 0 Å². The summed E-state index contributed by atoms with van der Waals surface area (Å²) < 4.78 is 9.34. The molecule has 1 aromatic heterocycles. The number of rotatable bonds is 5. The Bertz CT molecular complexity index is 375. The highest BCUT2D eigenvalue weighted by Crippen LogP contribution is 2.04. The third-order valence-electron chi connectivity index (χ3n) is 1.62. The van der Waals surface area contributed by atoms with Crippen molar-refractivity contribution in [1.82, 2.24) is 0 Å². The van der Waals surface area contributed by atoms with Crippen molar-refractivity contribution in [2.24, 2.45) is 0 Å². The first-order chi connectivity index (χ1) is 7.24. The van der Waals surface area contributed by atoms with E-state index in [1.807, 2.05) is 6.07 Å². The van der Waals surface area contributed by atoms with Gasteiger partial charge < -0.3 is 9.15 Å². The van der Waals surface area contributed by atoms with Crippen molar-refractivity contribution >= 4 is 11.8 Å². The first kappa shape index (κ1) is 11.0. The number of Topliss-reactive ketones (excluding diaryl/α,β-unsaturated/α-hetero) is 1. The molecule has 0 amide bonds. The van der Waals surface area contributed by atoms with Crippen molar-refractivity contribution in [2.75, 3.05) is 6.61 Å². The number of hydrogen-bond acceptors (Lipinski definition) is 5. The summed E-state index contributed by atoms with van der Waals surface area (Å²) in [6.07, 6.45) is 2.43. The number of nitriles is 1. The van der Waals surface area contributed by atoms with E-state index in [2.05, 4.69) is 4.74 Å². The highest BCUT2D eigenvalue weighted by molar-refractivity contribution is 6.05. The standard InChI is InChI=1S/C10H9NO4/c11-3-1-4-15-10(13)6-9(12)8-2-5-14-7-8/h2,5,7H,1,4,6H2. The summed E-state index contributed by atoms with van der Waals surface area (Å²) in [5.41, 5.74) is 0.340. The SMILES string of the molecule is N#CCCOC(=O)CC(=O)c1ccoc1. The zero-order valence-electron chi connectivity index (χ0n) is 7.93. The summed E-state index contributed by atoms with van der Waals surface area (Å²) in [5.74, 6) is -0.984. The summed E-state index contributed by atoms with van der Waals surface area (Å²) in [4.78, 5) is 22.4. The van der Waals surface area contributed by atoms with Crippen molar-refractivity contribution in [3.63, 3.8) is 0 Å². The molecule has 0 aliphatic heterocycles. The number of carbonyl (C=O) groups excluding carboxylic acids is 2. The monoisotopic (exact) mass is 207 g/mol. The van der Waals surface area contributed by atoms with Gasteiger partial charge in [0.25, 0.3) is 0 Å². The van der Waals surface area contributed by atoms with Crippen LogP contribution in [-0.4, -0.2) is 18.4 Å². The minimum atomic E-state index is -0.628. The molecular weight excluding hydrogens is 198 g/mol. The smallest absolute Gasteiger partial charge is 0.313 e. The van der Waals surface area contributed by atoms with Crippen molar-refractivity contribution in [1.29, 1.82) is 5.26 Å². The van der Waals surface area contributed by atoms with E-state index >= 15 is 0 Å². The van der Waals surface area contributed by atoms with Crippen molar-refractivity contribution in [3.05, 3.63) is 24.2 Å². The fourth-order valence-electron chi connectivity index (χ4n) is 0.918. The van der Waals surface area contributed by atoms with Crippen LogP contribution in [0.1, 0.15) is 23.2 Å². The largest absolute Gasteiger partial charge is 0.472 e. The normalized spacial score (nSPS) is 9.27. The van der Waals surface area contributed by atoms with Crippen molar-refractivity contribution in [3.8, 4) is 6.07 Å². The van der Waals surface area contributed by atoms with Crippen molar-refractivity contribution < 1.29 is 18.7 Å². The van der Waals surface area contributed by atoms with Gasteiger partial charge in [0.1, 0.15) is 19.3 Å². The fourth-order valence-corrected chi connectivity index (χ4v) is 0.918. The van der Waals surface area contributed by atoms with E-state index in [1.54, 1.807) is 0 Å². The molecule has 1 aromatic rings. The molecule has 0 aromatic carbocycles. The summed E-state index contributed by atoms with van der Waals surface area (Å²) in [5, 5.41) is 8.19. The lowest BCUT2D eigenvalue weighted by molar-refractivity contribution is -0.142. The van der Waals surface area contributed by atoms with Crippen LogP contribution in [0.25, 0.3) is 0 Å². The third kappa shape index (κ3) is 3.65. The molecule has 0 saturated carbocycles. The van der Waals surface area contributed by atoms with Gasteiger partial charge in [0.15, 0.2) is 5.78 Å². The molecular formula is C10H9NO4. The topological polar surface area (TPSA) is 80.3 Å². The average molecular weight is 207 g/mol. The van der Waals surface area contributed by atoms with E-state index < -0.39 is 5.97 Å². The van der Waals surface area contributed by atoms with Gasteiger partial charge in [-0.25, -0.2) is 0 Å². The van der Waals surface area contributed by atoms with Crippen LogP contribution in [0.2, 0.25) is 0 Å². The molecule has 0 aliphatic carbocycles. The highest BCUT2D eigenvalue weighted by atomic mass is 16.5. The number of ketones is 1. The molecule has 78 valence electrons. The molecule has 0 aliphatic rings. The Hall–Kier alpha value is -2.09. The molecule has 0 fully saturated rings. The second-order valence-corrected chi connectivity index (χ2v) is 2.74. The van der Waals surface area contributed by atoms with E-state index in [9.17, 15) is 9.59 Å². The second-order valence-electron chi connectivity index (χ2n) is 2.74. The van der Waals surface area contributed by atoms with Crippen LogP contribution in [0.4, 0.5) is 0 Å². The maximum absolute atomic E-state index is 11.3. The zero-order chi connectivity index (χ0) is 11.1. The lowest BCUT2D eigenvalue weighted by Crippen LogP contribution is -2.11. The Morgan fingerprint density at radius 1 is 1.53 bits per heavy atom. The highest BCUT2D eigenvalue weighted by Gasteiger charge is 2.13. The molecule has 0 atom stereocenters. The lowest BCUT2D eigenvalue weighted by Gasteiger charge is -1.99. The Morgan fingerprint density at radius 2 is 2.33 bits per heavy atom. The van der Waals surface area contributed by atoms with Gasteiger partial charge in [-0.05, 0) is 6.07 Å². The Kier molecular flexibility index (Phi) is 4.10. The van der Waals surface area contributed by atoms with Gasteiger partial charge in [0, 0.05) is 0 Å². The van der Waals surface area contributed by atoms with E-state index in [1.165, 1.54) is 18.6 Å². The van der Waals surface area contributed by atoms with E-state index in [0.717, 1.165) is 0 Å². The van der Waals surface area contributed by atoms with Gasteiger partial charge in [0.2, 0.25) is 0 Å². The number of nitrogens with zero attached hydrogens (tertiary/aromatic N) is 1. The Morgan fingerprint density at radius 3 is 2.93 bits per heavy atom. The van der Waals surface area contributed by atoms with Crippen LogP contribution < -0.4 is 0 Å². The molecule has 5 heteroatoms. The average Bonchev–Trinajstić information content (AvgIpc) is 2.70. The molecule has 15 heavy (non-hydrogen) atoms. The van der Waals surface area contributed by atoms with E-state index in [0.29, 0.717) is 5.56 Å². The maximum atomic E-state index is 11.3. The molecule has 0 saturated heterocycles. The Labute approximate surface area is 86.2 Å². The summed E-state index contributed by atoms with van der Waals surface area (Å²) in [6, 6.07) is 3.30. The van der Waals surface area contributed by atoms with Crippen LogP contribution in [-0.2, 0) is 9.53 Å². The number of hydrogen-bond donors (Lipinski definition) is 0. The Balaban J connectivity index is 2.33. The second kappa shape index (κ2) is 5.60. The first-order valence-corrected chi connectivity index (χ1v) is 4.32. The van der Waals surface area contributed by atoms with E-state index in [-0.39, 0.29) is 25.2 Å². The van der Waals surface area contributed by atoms with Gasteiger partial charge in [-0.1, -0.05) is 0 Å². The fraction of sp³-hybridized carbons (Fsp3) is 0.300. The number of furan rings is 1. The number of esters is 1. The van der Waals surface area contributed by atoms with Crippen LogP contribution in [0, 0.1) is 11.3 Å². The zero-order valence-corrected chi connectivity index (χ0v) is 7.93. The molecule has 0 spiro atoms. The van der Waals surface area contributed by atoms with Crippen LogP contribution in [0.3, 0.4) is 0 Å². The van der Waals surface area contributed by atoms with Gasteiger partial charge in [-0.3, -0.25) is 9.59 Å². The van der Waals surface area contributed by atoms with Gasteiger partial charge >= 0.3 is 5.97 Å². The lowest BCUT2D eigenvalue weighted by atomic mass is 10.2. The van der Waals surface area contributed by atoms with Crippen molar-refractivity contribution in [2.45, 2.75) is 12.8 Å². The maximum Gasteiger partial charge on any atom is 0.313 e. The minimum Gasteiger partial charge on any atom is -0.472 e.